The Labute approximate surface area is 118 Å². The second kappa shape index (κ2) is 6.02. The molecular weight excluding hydrogens is 260 g/mol. The molecule has 3 nitrogen and oxygen atoms in total. The molecule has 0 saturated carbocycles. The summed E-state index contributed by atoms with van der Waals surface area (Å²) in [6, 6.07) is 7.73. The molecule has 0 N–H and O–H groups in total. The van der Waals surface area contributed by atoms with Gasteiger partial charge in [-0.1, -0.05) is 13.8 Å². The minimum Gasteiger partial charge on any atom is -0.497 e. The highest BCUT2D eigenvalue weighted by Gasteiger charge is 2.11. The van der Waals surface area contributed by atoms with Crippen LogP contribution < -0.4 is 4.74 Å². The largest absolute Gasteiger partial charge is 0.497 e. The lowest BCUT2D eigenvalue weighted by atomic mass is 10.1. The Balaban J connectivity index is 2.41. The fourth-order valence-electron chi connectivity index (χ4n) is 1.90. The maximum Gasteiger partial charge on any atom is 0.159 e. The van der Waals surface area contributed by atoms with Crippen molar-refractivity contribution in [2.75, 3.05) is 7.11 Å². The molecule has 100 valence electrons. The van der Waals surface area contributed by atoms with E-state index in [9.17, 15) is 0 Å². The van der Waals surface area contributed by atoms with Gasteiger partial charge in [-0.05, 0) is 30.2 Å². The van der Waals surface area contributed by atoms with Gasteiger partial charge in [-0.3, -0.25) is 0 Å². The Morgan fingerprint density at radius 1 is 1.21 bits per heavy atom. The quantitative estimate of drug-likeness (QED) is 0.791. The van der Waals surface area contributed by atoms with E-state index in [0.29, 0.717) is 11.8 Å². The van der Waals surface area contributed by atoms with Gasteiger partial charge < -0.3 is 4.74 Å². The maximum atomic E-state index is 5.92. The van der Waals surface area contributed by atoms with Crippen LogP contribution in [0.2, 0.25) is 0 Å². The molecule has 0 aliphatic carbocycles. The van der Waals surface area contributed by atoms with E-state index in [1.165, 1.54) is 0 Å². The highest BCUT2D eigenvalue weighted by atomic mass is 35.5. The first-order chi connectivity index (χ1) is 9.15. The summed E-state index contributed by atoms with van der Waals surface area (Å²) in [5.41, 5.74) is 2.98. The highest BCUT2D eigenvalue weighted by Crippen LogP contribution is 2.23. The summed E-state index contributed by atoms with van der Waals surface area (Å²) in [5, 5.41) is 0. The number of benzene rings is 1. The molecule has 0 fully saturated rings. The maximum absolute atomic E-state index is 5.92. The number of nitrogens with zero attached hydrogens (tertiary/aromatic N) is 2. The molecule has 4 heteroatoms. The van der Waals surface area contributed by atoms with Crippen LogP contribution in [0.4, 0.5) is 0 Å². The molecule has 0 aliphatic heterocycles. The van der Waals surface area contributed by atoms with Crippen molar-refractivity contribution in [2.45, 2.75) is 25.6 Å². The predicted molar refractivity (Wildman–Crippen MR) is 77.7 cm³/mol. The summed E-state index contributed by atoms with van der Waals surface area (Å²) in [6.07, 6.45) is 1.81. The number of hydrogen-bond donors (Lipinski definition) is 0. The van der Waals surface area contributed by atoms with Crippen LogP contribution in [0.5, 0.6) is 5.75 Å². The second-order valence-electron chi connectivity index (χ2n) is 4.62. The molecule has 1 aromatic carbocycles. The first-order valence-corrected chi connectivity index (χ1v) is 6.75. The second-order valence-corrected chi connectivity index (χ2v) is 4.89. The van der Waals surface area contributed by atoms with E-state index in [0.717, 1.165) is 28.4 Å². The van der Waals surface area contributed by atoms with Gasteiger partial charge in [0.15, 0.2) is 5.82 Å². The fraction of sp³-hybridized carbons (Fsp3) is 0.333. The van der Waals surface area contributed by atoms with Crippen molar-refractivity contribution in [3.63, 3.8) is 0 Å². The lowest BCUT2D eigenvalue weighted by molar-refractivity contribution is 0.415. The number of hydrogen-bond acceptors (Lipinski definition) is 3. The number of alkyl halides is 1. The molecule has 0 radical (unpaired) electrons. The van der Waals surface area contributed by atoms with Crippen LogP contribution in [0.15, 0.2) is 30.5 Å². The molecule has 0 bridgehead atoms. The van der Waals surface area contributed by atoms with Crippen LogP contribution in [-0.4, -0.2) is 17.1 Å². The van der Waals surface area contributed by atoms with Gasteiger partial charge in [0.05, 0.1) is 18.7 Å². The normalized spacial score (nSPS) is 10.8. The van der Waals surface area contributed by atoms with Gasteiger partial charge in [0.1, 0.15) is 5.75 Å². The SMILES string of the molecule is COc1ccc(-c2ncc(CCl)c(C(C)C)n2)cc1. The molecule has 2 aromatic rings. The van der Waals surface area contributed by atoms with Gasteiger partial charge >= 0.3 is 0 Å². The third kappa shape index (κ3) is 3.04. The summed E-state index contributed by atoms with van der Waals surface area (Å²) >= 11 is 5.92. The summed E-state index contributed by atoms with van der Waals surface area (Å²) in [6.45, 7) is 4.21. The molecular formula is C15H17ClN2O. The lowest BCUT2D eigenvalue weighted by Gasteiger charge is -2.11. The first-order valence-electron chi connectivity index (χ1n) is 6.22. The van der Waals surface area contributed by atoms with Gasteiger partial charge in [-0.15, -0.1) is 11.6 Å². The minimum atomic E-state index is 0.328. The molecule has 0 aliphatic rings. The molecule has 1 heterocycles. The minimum absolute atomic E-state index is 0.328. The van der Waals surface area contributed by atoms with Gasteiger partial charge in [0, 0.05) is 17.3 Å². The zero-order chi connectivity index (χ0) is 13.8. The Morgan fingerprint density at radius 2 is 1.89 bits per heavy atom. The van der Waals surface area contributed by atoms with E-state index in [2.05, 4.69) is 23.8 Å². The van der Waals surface area contributed by atoms with Crippen molar-refractivity contribution >= 4 is 11.6 Å². The van der Waals surface area contributed by atoms with Crippen LogP contribution in [0.3, 0.4) is 0 Å². The summed E-state index contributed by atoms with van der Waals surface area (Å²) in [5.74, 6) is 2.32. The highest BCUT2D eigenvalue weighted by molar-refractivity contribution is 6.17. The zero-order valence-corrected chi connectivity index (χ0v) is 12.1. The van der Waals surface area contributed by atoms with Crippen molar-refractivity contribution in [1.82, 2.24) is 9.97 Å². The molecule has 19 heavy (non-hydrogen) atoms. The average molecular weight is 277 g/mol. The van der Waals surface area contributed by atoms with Crippen molar-refractivity contribution in [3.8, 4) is 17.1 Å². The third-order valence-electron chi connectivity index (χ3n) is 2.94. The zero-order valence-electron chi connectivity index (χ0n) is 11.4. The monoisotopic (exact) mass is 276 g/mol. The number of aromatic nitrogens is 2. The Kier molecular flexibility index (Phi) is 4.38. The van der Waals surface area contributed by atoms with E-state index in [1.807, 2.05) is 30.5 Å². The number of rotatable bonds is 4. The molecule has 1 aromatic heterocycles. The van der Waals surface area contributed by atoms with Gasteiger partial charge in [0.25, 0.3) is 0 Å². The van der Waals surface area contributed by atoms with Crippen LogP contribution in [0, 0.1) is 0 Å². The average Bonchev–Trinajstić information content (AvgIpc) is 2.46. The molecule has 0 spiro atoms. The smallest absolute Gasteiger partial charge is 0.159 e. The van der Waals surface area contributed by atoms with Gasteiger partial charge in [-0.2, -0.15) is 0 Å². The Bertz CT molecular complexity index is 553. The summed E-state index contributed by atoms with van der Waals surface area (Å²) in [4.78, 5) is 9.01. The van der Waals surface area contributed by atoms with Crippen molar-refractivity contribution in [2.24, 2.45) is 0 Å². The number of methoxy groups -OCH3 is 1. The topological polar surface area (TPSA) is 35.0 Å². The van der Waals surface area contributed by atoms with E-state index < -0.39 is 0 Å². The number of halogens is 1. The molecule has 2 rings (SSSR count). The van der Waals surface area contributed by atoms with E-state index in [4.69, 9.17) is 16.3 Å². The van der Waals surface area contributed by atoms with Crippen LogP contribution in [0.25, 0.3) is 11.4 Å². The number of ether oxygens (including phenoxy) is 1. The first kappa shape index (κ1) is 13.8. The van der Waals surface area contributed by atoms with E-state index in [-0.39, 0.29) is 0 Å². The van der Waals surface area contributed by atoms with Gasteiger partial charge in [-0.25, -0.2) is 9.97 Å². The lowest BCUT2D eigenvalue weighted by Crippen LogP contribution is -2.02. The predicted octanol–water partition coefficient (Wildman–Crippen LogP) is 4.01. The molecule has 0 unspecified atom stereocenters. The van der Waals surface area contributed by atoms with Crippen LogP contribution in [-0.2, 0) is 5.88 Å². The molecule has 0 saturated heterocycles. The van der Waals surface area contributed by atoms with E-state index >= 15 is 0 Å². The summed E-state index contributed by atoms with van der Waals surface area (Å²) < 4.78 is 5.15. The Morgan fingerprint density at radius 3 is 2.42 bits per heavy atom. The van der Waals surface area contributed by atoms with Crippen LogP contribution in [0.1, 0.15) is 31.0 Å². The van der Waals surface area contributed by atoms with Crippen molar-refractivity contribution in [3.05, 3.63) is 41.7 Å². The van der Waals surface area contributed by atoms with Gasteiger partial charge in [0.2, 0.25) is 0 Å². The van der Waals surface area contributed by atoms with E-state index in [1.54, 1.807) is 7.11 Å². The summed E-state index contributed by atoms with van der Waals surface area (Å²) in [7, 11) is 1.65. The van der Waals surface area contributed by atoms with Crippen molar-refractivity contribution in [1.29, 1.82) is 0 Å². The van der Waals surface area contributed by atoms with Crippen molar-refractivity contribution < 1.29 is 4.74 Å². The molecule has 0 atom stereocenters. The molecule has 0 amide bonds. The van der Waals surface area contributed by atoms with Crippen LogP contribution >= 0.6 is 11.6 Å². The third-order valence-corrected chi connectivity index (χ3v) is 3.23. The Hall–Kier alpha value is -1.61. The standard InChI is InChI=1S/C15H17ClN2O/c1-10(2)14-12(8-16)9-17-15(18-14)11-4-6-13(19-3)7-5-11/h4-7,9-10H,8H2,1-3H3. The fourth-order valence-corrected chi connectivity index (χ4v) is 2.11.